The summed E-state index contributed by atoms with van der Waals surface area (Å²) in [5, 5.41) is 4.09. The van der Waals surface area contributed by atoms with Gasteiger partial charge in [0.2, 0.25) is 5.91 Å². The van der Waals surface area contributed by atoms with Gasteiger partial charge < -0.3 is 9.64 Å². The van der Waals surface area contributed by atoms with Crippen molar-refractivity contribution < 1.29 is 9.53 Å². The van der Waals surface area contributed by atoms with Gasteiger partial charge in [0.15, 0.2) is 0 Å². The first kappa shape index (κ1) is 14.8. The van der Waals surface area contributed by atoms with Crippen molar-refractivity contribution in [2.45, 2.75) is 38.5 Å². The molecule has 2 saturated heterocycles. The molecule has 0 aromatic heterocycles. The molecule has 0 bridgehead atoms. The minimum atomic E-state index is -0.157. The first-order chi connectivity index (χ1) is 10.1. The second-order valence-electron chi connectivity index (χ2n) is 5.95. The molecule has 3 rings (SSSR count). The Morgan fingerprint density at radius 1 is 1.38 bits per heavy atom. The summed E-state index contributed by atoms with van der Waals surface area (Å²) in [6.07, 6.45) is 0.938. The van der Waals surface area contributed by atoms with Gasteiger partial charge in [0.25, 0.3) is 0 Å². The molecule has 0 spiro atoms. The van der Waals surface area contributed by atoms with Gasteiger partial charge in [-0.05, 0) is 38.0 Å². The Bertz CT molecular complexity index is 514. The maximum absolute atomic E-state index is 12.6. The number of hydrogen-bond donors (Lipinski definition) is 1. The topological polar surface area (TPSA) is 41.6 Å². The van der Waals surface area contributed by atoms with E-state index in [-0.39, 0.29) is 24.2 Å². The highest BCUT2D eigenvalue weighted by molar-refractivity contribution is 6.30. The third-order valence-corrected chi connectivity index (χ3v) is 4.83. The van der Waals surface area contributed by atoms with E-state index >= 15 is 0 Å². The number of nitrogens with zero attached hydrogens (tertiary/aromatic N) is 1. The molecule has 4 nitrogen and oxygen atoms in total. The molecule has 1 aromatic rings. The van der Waals surface area contributed by atoms with Crippen molar-refractivity contribution in [1.29, 1.82) is 0 Å². The normalized spacial score (nSPS) is 30.9. The van der Waals surface area contributed by atoms with Crippen molar-refractivity contribution in [3.8, 4) is 0 Å². The van der Waals surface area contributed by atoms with E-state index in [1.165, 1.54) is 0 Å². The first-order valence-corrected chi connectivity index (χ1v) is 7.87. The molecule has 5 heteroatoms. The maximum atomic E-state index is 12.6. The third kappa shape index (κ3) is 2.80. The van der Waals surface area contributed by atoms with E-state index < -0.39 is 0 Å². The maximum Gasteiger partial charge on any atom is 0.241 e. The van der Waals surface area contributed by atoms with Gasteiger partial charge in [-0.25, -0.2) is 0 Å². The van der Waals surface area contributed by atoms with Crippen LogP contribution in [0, 0.1) is 5.92 Å². The molecule has 2 heterocycles. The quantitative estimate of drug-likeness (QED) is 0.933. The molecule has 4 unspecified atom stereocenters. The summed E-state index contributed by atoms with van der Waals surface area (Å²) in [7, 11) is 0. The molecule has 1 amide bonds. The molecule has 2 fully saturated rings. The lowest BCUT2D eigenvalue weighted by Gasteiger charge is -2.33. The molecular formula is C16H21ClN2O2. The lowest BCUT2D eigenvalue weighted by atomic mass is 9.98. The number of rotatable bonds is 3. The van der Waals surface area contributed by atoms with Gasteiger partial charge in [-0.2, -0.15) is 0 Å². The average Bonchev–Trinajstić information content (AvgIpc) is 3.09. The summed E-state index contributed by atoms with van der Waals surface area (Å²) < 4.78 is 5.48. The van der Waals surface area contributed by atoms with Crippen LogP contribution in [0.5, 0.6) is 0 Å². The molecule has 0 aliphatic carbocycles. The number of carbonyl (C=O) groups is 1. The fourth-order valence-corrected chi connectivity index (χ4v) is 3.36. The highest BCUT2D eigenvalue weighted by Gasteiger charge is 2.42. The van der Waals surface area contributed by atoms with Crippen molar-refractivity contribution in [3.63, 3.8) is 0 Å². The van der Waals surface area contributed by atoms with Gasteiger partial charge >= 0.3 is 0 Å². The lowest BCUT2D eigenvalue weighted by molar-refractivity contribution is -0.132. The number of nitrogens with one attached hydrogen (secondary N) is 1. The zero-order valence-electron chi connectivity index (χ0n) is 12.4. The van der Waals surface area contributed by atoms with Crippen LogP contribution in [0.3, 0.4) is 0 Å². The zero-order valence-corrected chi connectivity index (χ0v) is 13.1. The Kier molecular flexibility index (Phi) is 4.20. The lowest BCUT2D eigenvalue weighted by Crippen LogP contribution is -2.42. The summed E-state index contributed by atoms with van der Waals surface area (Å²) in [5.41, 5.74) is 1.07. The molecule has 1 aromatic carbocycles. The number of amides is 1. The molecule has 21 heavy (non-hydrogen) atoms. The predicted octanol–water partition coefficient (Wildman–Crippen LogP) is 2.58. The Labute approximate surface area is 130 Å². The summed E-state index contributed by atoms with van der Waals surface area (Å²) in [6, 6.07) is 7.71. The molecule has 4 atom stereocenters. The van der Waals surface area contributed by atoms with Crippen LogP contribution in [0.2, 0.25) is 5.02 Å². The van der Waals surface area contributed by atoms with E-state index in [9.17, 15) is 4.79 Å². The molecule has 1 N–H and O–H groups in total. The van der Waals surface area contributed by atoms with Crippen LogP contribution in [0.4, 0.5) is 0 Å². The van der Waals surface area contributed by atoms with E-state index in [2.05, 4.69) is 12.2 Å². The van der Waals surface area contributed by atoms with Gasteiger partial charge in [0.1, 0.15) is 6.17 Å². The SMILES string of the molecule is CC1NC(c2ccc(Cl)cc2)N(C(C)C2CCOC2)C1=O. The molecule has 2 aliphatic rings. The number of hydrogen-bond acceptors (Lipinski definition) is 3. The summed E-state index contributed by atoms with van der Waals surface area (Å²) >= 11 is 5.96. The largest absolute Gasteiger partial charge is 0.381 e. The number of carbonyl (C=O) groups excluding carboxylic acids is 1. The average molecular weight is 309 g/mol. The van der Waals surface area contributed by atoms with Gasteiger partial charge in [-0.15, -0.1) is 0 Å². The third-order valence-electron chi connectivity index (χ3n) is 4.58. The Hall–Kier alpha value is -1.10. The monoisotopic (exact) mass is 308 g/mol. The standard InChI is InChI=1S/C16H21ClN2O2/c1-10-16(20)19(11(2)13-7-8-21-9-13)15(18-10)12-3-5-14(17)6-4-12/h3-6,10-11,13,15,18H,7-9H2,1-2H3. The summed E-state index contributed by atoms with van der Waals surface area (Å²) in [6.45, 7) is 5.58. The molecule has 0 saturated carbocycles. The van der Waals surface area contributed by atoms with E-state index in [0.29, 0.717) is 10.9 Å². The van der Waals surface area contributed by atoms with Gasteiger partial charge in [0, 0.05) is 23.6 Å². The highest BCUT2D eigenvalue weighted by atomic mass is 35.5. The Balaban J connectivity index is 1.86. The van der Waals surface area contributed by atoms with E-state index in [1.54, 1.807) is 0 Å². The minimum absolute atomic E-state index is 0.0830. The zero-order chi connectivity index (χ0) is 15.0. The van der Waals surface area contributed by atoms with Crippen molar-refractivity contribution >= 4 is 17.5 Å². The van der Waals surface area contributed by atoms with Crippen molar-refractivity contribution in [3.05, 3.63) is 34.9 Å². The van der Waals surface area contributed by atoms with Crippen molar-refractivity contribution in [2.75, 3.05) is 13.2 Å². The van der Waals surface area contributed by atoms with Crippen molar-refractivity contribution in [2.24, 2.45) is 5.92 Å². The number of benzene rings is 1. The molecule has 114 valence electrons. The van der Waals surface area contributed by atoms with Gasteiger partial charge in [-0.3, -0.25) is 10.1 Å². The smallest absolute Gasteiger partial charge is 0.241 e. The van der Waals surface area contributed by atoms with Crippen molar-refractivity contribution in [1.82, 2.24) is 10.2 Å². The van der Waals surface area contributed by atoms with E-state index in [4.69, 9.17) is 16.3 Å². The van der Waals surface area contributed by atoms with Crippen LogP contribution < -0.4 is 5.32 Å². The second-order valence-corrected chi connectivity index (χ2v) is 6.39. The van der Waals surface area contributed by atoms with Crippen LogP contribution in [0.1, 0.15) is 32.0 Å². The van der Waals surface area contributed by atoms with E-state index in [0.717, 1.165) is 25.2 Å². The van der Waals surface area contributed by atoms with E-state index in [1.807, 2.05) is 36.1 Å². The van der Waals surface area contributed by atoms with Crippen LogP contribution in [0.15, 0.2) is 24.3 Å². The predicted molar refractivity (Wildman–Crippen MR) is 82.0 cm³/mol. The fraction of sp³-hybridized carbons (Fsp3) is 0.562. The Morgan fingerprint density at radius 3 is 2.71 bits per heavy atom. The number of halogens is 1. The van der Waals surface area contributed by atoms with Crippen LogP contribution >= 0.6 is 11.6 Å². The molecular weight excluding hydrogens is 288 g/mol. The van der Waals surface area contributed by atoms with Crippen LogP contribution in [-0.2, 0) is 9.53 Å². The van der Waals surface area contributed by atoms with Gasteiger partial charge in [0.05, 0.1) is 12.6 Å². The highest BCUT2D eigenvalue weighted by Crippen LogP contribution is 2.32. The fourth-order valence-electron chi connectivity index (χ4n) is 3.24. The first-order valence-electron chi connectivity index (χ1n) is 7.49. The number of ether oxygens (including phenoxy) is 1. The Morgan fingerprint density at radius 2 is 2.10 bits per heavy atom. The molecule has 0 radical (unpaired) electrons. The summed E-state index contributed by atoms with van der Waals surface area (Å²) in [4.78, 5) is 14.5. The summed E-state index contributed by atoms with van der Waals surface area (Å²) in [5.74, 6) is 0.574. The van der Waals surface area contributed by atoms with Crippen LogP contribution in [-0.4, -0.2) is 36.1 Å². The minimum Gasteiger partial charge on any atom is -0.381 e. The molecule has 2 aliphatic heterocycles. The van der Waals surface area contributed by atoms with Crippen LogP contribution in [0.25, 0.3) is 0 Å². The second kappa shape index (κ2) is 5.95. The van der Waals surface area contributed by atoms with Gasteiger partial charge in [-0.1, -0.05) is 23.7 Å².